The normalized spacial score (nSPS) is 10.1. The van der Waals surface area contributed by atoms with Gasteiger partial charge in [-0.3, -0.25) is 9.59 Å². The first-order chi connectivity index (χ1) is 8.65. The Morgan fingerprint density at radius 1 is 1.17 bits per heavy atom. The van der Waals surface area contributed by atoms with E-state index >= 15 is 0 Å². The average molecular weight is 280 g/mol. The molecule has 1 aromatic carbocycles. The molecule has 0 aliphatic heterocycles. The van der Waals surface area contributed by atoms with Gasteiger partial charge in [0.1, 0.15) is 0 Å². The van der Waals surface area contributed by atoms with E-state index in [1.165, 1.54) is 11.3 Å². The molecule has 0 fully saturated rings. The van der Waals surface area contributed by atoms with Crippen LogP contribution in [0.15, 0.2) is 41.8 Å². The number of benzene rings is 1. The highest BCUT2D eigenvalue weighted by Gasteiger charge is 2.12. The van der Waals surface area contributed by atoms with Crippen molar-refractivity contribution in [3.8, 4) is 0 Å². The molecule has 0 unspecified atom stereocenters. The Morgan fingerprint density at radius 3 is 2.50 bits per heavy atom. The van der Waals surface area contributed by atoms with Gasteiger partial charge in [0.2, 0.25) is 5.91 Å². The Labute approximate surface area is 113 Å². The highest BCUT2D eigenvalue weighted by Crippen LogP contribution is 2.15. The van der Waals surface area contributed by atoms with E-state index in [1.807, 2.05) is 5.38 Å². The van der Waals surface area contributed by atoms with Gasteiger partial charge in [-0.05, 0) is 35.7 Å². The number of carbonyl (C=O) groups is 2. The zero-order chi connectivity index (χ0) is 13.0. The molecule has 2 rings (SSSR count). The second-order valence-corrected chi connectivity index (χ2v) is 5.02. The molecule has 1 N–H and O–H groups in total. The average Bonchev–Trinajstić information content (AvgIpc) is 2.85. The summed E-state index contributed by atoms with van der Waals surface area (Å²) in [6.45, 7) is 0. The number of hydrogen-bond donors (Lipinski definition) is 1. The van der Waals surface area contributed by atoms with Crippen LogP contribution in [0.3, 0.4) is 0 Å². The van der Waals surface area contributed by atoms with Crippen molar-refractivity contribution in [1.29, 1.82) is 0 Å². The van der Waals surface area contributed by atoms with Crippen molar-refractivity contribution in [3.05, 3.63) is 51.7 Å². The Morgan fingerprint density at radius 2 is 1.89 bits per heavy atom. The fourth-order valence-electron chi connectivity index (χ4n) is 1.41. The molecular formula is C13H10ClNO2S. The number of amides is 1. The van der Waals surface area contributed by atoms with Gasteiger partial charge < -0.3 is 5.32 Å². The maximum absolute atomic E-state index is 11.7. The first-order valence-corrected chi connectivity index (χ1v) is 6.53. The molecule has 0 radical (unpaired) electrons. The standard InChI is InChI=1S/C13H10ClNO2S/c14-9-3-5-10(6-4-9)15-13(17)8-11(16)12-2-1-7-18-12/h1-7H,8H2,(H,15,17). The smallest absolute Gasteiger partial charge is 0.232 e. The molecule has 0 bridgehead atoms. The monoisotopic (exact) mass is 279 g/mol. The number of Topliss-reactive ketones (excluding diaryl/α,β-unsaturated/α-hetero) is 1. The van der Waals surface area contributed by atoms with Crippen LogP contribution in [-0.4, -0.2) is 11.7 Å². The summed E-state index contributed by atoms with van der Waals surface area (Å²) < 4.78 is 0. The van der Waals surface area contributed by atoms with Crippen LogP contribution in [0, 0.1) is 0 Å². The Kier molecular flexibility index (Phi) is 4.12. The molecule has 0 aliphatic carbocycles. The number of nitrogens with one attached hydrogen (secondary N) is 1. The van der Waals surface area contributed by atoms with Crippen molar-refractivity contribution >= 4 is 40.3 Å². The molecule has 0 atom stereocenters. The Bertz CT molecular complexity index is 549. The maximum atomic E-state index is 11.7. The van der Waals surface area contributed by atoms with Crippen LogP contribution in [0.25, 0.3) is 0 Å². The van der Waals surface area contributed by atoms with Gasteiger partial charge in [-0.25, -0.2) is 0 Å². The lowest BCUT2D eigenvalue weighted by molar-refractivity contribution is -0.115. The lowest BCUT2D eigenvalue weighted by Crippen LogP contribution is -2.15. The van der Waals surface area contributed by atoms with Crippen LogP contribution in [0.5, 0.6) is 0 Å². The van der Waals surface area contributed by atoms with Gasteiger partial charge >= 0.3 is 0 Å². The fraction of sp³-hybridized carbons (Fsp3) is 0.0769. The number of ketones is 1. The molecular weight excluding hydrogens is 270 g/mol. The van der Waals surface area contributed by atoms with Gasteiger partial charge in [0, 0.05) is 10.7 Å². The first kappa shape index (κ1) is 12.8. The minimum absolute atomic E-state index is 0.150. The van der Waals surface area contributed by atoms with Crippen LogP contribution >= 0.6 is 22.9 Å². The SMILES string of the molecule is O=C(CC(=O)c1cccs1)Nc1ccc(Cl)cc1. The molecule has 92 valence electrons. The largest absolute Gasteiger partial charge is 0.326 e. The maximum Gasteiger partial charge on any atom is 0.232 e. The van der Waals surface area contributed by atoms with Gasteiger partial charge in [-0.15, -0.1) is 11.3 Å². The van der Waals surface area contributed by atoms with Crippen molar-refractivity contribution in [2.75, 3.05) is 5.32 Å². The van der Waals surface area contributed by atoms with Crippen molar-refractivity contribution in [2.45, 2.75) is 6.42 Å². The minimum atomic E-state index is -0.323. The lowest BCUT2D eigenvalue weighted by Gasteiger charge is -2.04. The molecule has 3 nitrogen and oxygen atoms in total. The first-order valence-electron chi connectivity index (χ1n) is 5.27. The molecule has 18 heavy (non-hydrogen) atoms. The van der Waals surface area contributed by atoms with Crippen LogP contribution in [-0.2, 0) is 4.79 Å². The summed E-state index contributed by atoms with van der Waals surface area (Å²) >= 11 is 7.07. The quantitative estimate of drug-likeness (QED) is 0.686. The van der Waals surface area contributed by atoms with Crippen molar-refractivity contribution in [3.63, 3.8) is 0 Å². The van der Waals surface area contributed by atoms with E-state index in [2.05, 4.69) is 5.32 Å². The number of halogens is 1. The third-order valence-corrected chi connectivity index (χ3v) is 3.41. The molecule has 0 saturated carbocycles. The number of anilines is 1. The van der Waals surface area contributed by atoms with Gasteiger partial charge in [0.05, 0.1) is 11.3 Å². The van der Waals surface area contributed by atoms with Gasteiger partial charge in [-0.2, -0.15) is 0 Å². The summed E-state index contributed by atoms with van der Waals surface area (Å²) in [5.74, 6) is -0.493. The Hall–Kier alpha value is -1.65. The fourth-order valence-corrected chi connectivity index (χ4v) is 2.20. The summed E-state index contributed by atoms with van der Waals surface area (Å²) in [5.41, 5.74) is 0.628. The Balaban J connectivity index is 1.93. The number of carbonyl (C=O) groups excluding carboxylic acids is 2. The zero-order valence-corrected chi connectivity index (χ0v) is 10.9. The zero-order valence-electron chi connectivity index (χ0n) is 9.35. The highest BCUT2D eigenvalue weighted by molar-refractivity contribution is 7.12. The third kappa shape index (κ3) is 3.42. The van der Waals surface area contributed by atoms with E-state index in [0.29, 0.717) is 15.6 Å². The molecule has 1 amide bonds. The van der Waals surface area contributed by atoms with E-state index in [0.717, 1.165) is 0 Å². The summed E-state index contributed by atoms with van der Waals surface area (Å²) in [6, 6.07) is 10.2. The molecule has 1 aromatic heterocycles. The number of hydrogen-bond acceptors (Lipinski definition) is 3. The highest BCUT2D eigenvalue weighted by atomic mass is 35.5. The lowest BCUT2D eigenvalue weighted by atomic mass is 10.2. The van der Waals surface area contributed by atoms with Crippen LogP contribution in [0.2, 0.25) is 5.02 Å². The van der Waals surface area contributed by atoms with E-state index in [-0.39, 0.29) is 18.1 Å². The van der Waals surface area contributed by atoms with Gasteiger partial charge in [0.15, 0.2) is 5.78 Å². The second-order valence-electron chi connectivity index (χ2n) is 3.63. The van der Waals surface area contributed by atoms with Crippen LogP contribution in [0.4, 0.5) is 5.69 Å². The number of rotatable bonds is 4. The van der Waals surface area contributed by atoms with Crippen LogP contribution in [0.1, 0.15) is 16.1 Å². The predicted molar refractivity (Wildman–Crippen MR) is 73.3 cm³/mol. The summed E-state index contributed by atoms with van der Waals surface area (Å²) in [7, 11) is 0. The van der Waals surface area contributed by atoms with E-state index < -0.39 is 0 Å². The van der Waals surface area contributed by atoms with E-state index in [4.69, 9.17) is 11.6 Å². The topological polar surface area (TPSA) is 46.2 Å². The van der Waals surface area contributed by atoms with Crippen LogP contribution < -0.4 is 5.32 Å². The van der Waals surface area contributed by atoms with Gasteiger partial charge in [0.25, 0.3) is 0 Å². The predicted octanol–water partition coefficient (Wildman–Crippen LogP) is 3.61. The van der Waals surface area contributed by atoms with Crippen molar-refractivity contribution < 1.29 is 9.59 Å². The molecule has 0 saturated heterocycles. The molecule has 5 heteroatoms. The molecule has 1 heterocycles. The molecule has 0 aliphatic rings. The summed E-state index contributed by atoms with van der Waals surface area (Å²) in [5, 5.41) is 5.06. The van der Waals surface area contributed by atoms with E-state index in [9.17, 15) is 9.59 Å². The molecule has 0 spiro atoms. The van der Waals surface area contributed by atoms with E-state index in [1.54, 1.807) is 36.4 Å². The summed E-state index contributed by atoms with van der Waals surface area (Å²) in [4.78, 5) is 23.9. The summed E-state index contributed by atoms with van der Waals surface area (Å²) in [6.07, 6.45) is -0.150. The van der Waals surface area contributed by atoms with Gasteiger partial charge in [-0.1, -0.05) is 17.7 Å². The van der Waals surface area contributed by atoms with Crippen molar-refractivity contribution in [2.24, 2.45) is 0 Å². The molecule has 2 aromatic rings. The minimum Gasteiger partial charge on any atom is -0.326 e. The second kappa shape index (κ2) is 5.80. The number of thiophene rings is 1. The van der Waals surface area contributed by atoms with Crippen molar-refractivity contribution in [1.82, 2.24) is 0 Å². The third-order valence-electron chi connectivity index (χ3n) is 2.25.